The monoisotopic (exact) mass is 341 g/mol. The third-order valence-corrected chi connectivity index (χ3v) is 3.77. The molecule has 3 aromatic rings. The fourth-order valence-electron chi connectivity index (χ4n) is 2.52. The Bertz CT molecular complexity index is 849. The minimum Gasteiger partial charge on any atom is -0.385 e. The Morgan fingerprint density at radius 1 is 1.28 bits per heavy atom. The first-order chi connectivity index (χ1) is 12.2. The summed E-state index contributed by atoms with van der Waals surface area (Å²) in [5.74, 6) is 0.904. The molecular formula is C18H20FN5O. The molecule has 25 heavy (non-hydrogen) atoms. The second-order valence-corrected chi connectivity index (χ2v) is 5.60. The molecule has 1 aromatic carbocycles. The number of ether oxygens (including phenoxy) is 1. The molecule has 0 spiro atoms. The highest BCUT2D eigenvalue weighted by Crippen LogP contribution is 2.30. The molecule has 130 valence electrons. The average molecular weight is 341 g/mol. The standard InChI is InChI=1S/C18H20FN5O/c1-24-9-8-20-17(24)16-15(13-5-3-6-14(19)11-13)12-22-18(23-16)21-7-4-10-25-2/h3,5-6,8-9,11-12H,4,7,10H2,1-2H3,(H,21,22,23). The molecule has 0 fully saturated rings. The first kappa shape index (κ1) is 17.0. The number of hydrogen-bond donors (Lipinski definition) is 1. The van der Waals surface area contributed by atoms with Crippen LogP contribution in [-0.2, 0) is 11.8 Å². The number of benzene rings is 1. The van der Waals surface area contributed by atoms with E-state index in [1.807, 2.05) is 23.9 Å². The van der Waals surface area contributed by atoms with Gasteiger partial charge in [-0.25, -0.2) is 19.3 Å². The molecule has 0 unspecified atom stereocenters. The molecule has 0 aliphatic rings. The van der Waals surface area contributed by atoms with Gasteiger partial charge >= 0.3 is 0 Å². The second-order valence-electron chi connectivity index (χ2n) is 5.60. The van der Waals surface area contributed by atoms with E-state index in [4.69, 9.17) is 4.74 Å². The van der Waals surface area contributed by atoms with Crippen LogP contribution in [0.2, 0.25) is 0 Å². The molecule has 0 amide bonds. The van der Waals surface area contributed by atoms with E-state index in [1.54, 1.807) is 25.6 Å². The summed E-state index contributed by atoms with van der Waals surface area (Å²) < 4.78 is 20.6. The van der Waals surface area contributed by atoms with Crippen molar-refractivity contribution in [2.24, 2.45) is 7.05 Å². The lowest BCUT2D eigenvalue weighted by atomic mass is 10.1. The van der Waals surface area contributed by atoms with E-state index >= 15 is 0 Å². The molecule has 6 nitrogen and oxygen atoms in total. The Hall–Kier alpha value is -2.80. The summed E-state index contributed by atoms with van der Waals surface area (Å²) in [7, 11) is 3.56. The topological polar surface area (TPSA) is 64.9 Å². The minimum atomic E-state index is -0.301. The van der Waals surface area contributed by atoms with Crippen molar-refractivity contribution >= 4 is 5.95 Å². The number of nitrogens with one attached hydrogen (secondary N) is 1. The van der Waals surface area contributed by atoms with E-state index < -0.39 is 0 Å². The molecule has 0 atom stereocenters. The highest BCUT2D eigenvalue weighted by Gasteiger charge is 2.15. The van der Waals surface area contributed by atoms with Gasteiger partial charge in [-0.15, -0.1) is 0 Å². The van der Waals surface area contributed by atoms with E-state index in [2.05, 4.69) is 20.3 Å². The maximum atomic E-state index is 13.6. The van der Waals surface area contributed by atoms with Crippen LogP contribution in [0.15, 0.2) is 42.9 Å². The first-order valence-corrected chi connectivity index (χ1v) is 8.02. The summed E-state index contributed by atoms with van der Waals surface area (Å²) in [6, 6.07) is 6.39. The van der Waals surface area contributed by atoms with Crippen LogP contribution in [0.1, 0.15) is 6.42 Å². The Morgan fingerprint density at radius 2 is 2.16 bits per heavy atom. The molecule has 2 heterocycles. The van der Waals surface area contributed by atoms with Crippen LogP contribution in [0.25, 0.3) is 22.6 Å². The lowest BCUT2D eigenvalue weighted by molar-refractivity contribution is 0.197. The number of aromatic nitrogens is 4. The van der Waals surface area contributed by atoms with Gasteiger partial charge in [-0.3, -0.25) is 0 Å². The molecule has 0 aliphatic heterocycles. The molecular weight excluding hydrogens is 321 g/mol. The molecule has 7 heteroatoms. The highest BCUT2D eigenvalue weighted by atomic mass is 19.1. The lowest BCUT2D eigenvalue weighted by Crippen LogP contribution is -2.09. The molecule has 0 saturated heterocycles. The molecule has 0 bridgehead atoms. The van der Waals surface area contributed by atoms with Gasteiger partial charge in [0.15, 0.2) is 5.82 Å². The zero-order valence-electron chi connectivity index (χ0n) is 14.2. The Kier molecular flexibility index (Phi) is 5.35. The maximum Gasteiger partial charge on any atom is 0.223 e. The smallest absolute Gasteiger partial charge is 0.223 e. The van der Waals surface area contributed by atoms with Crippen molar-refractivity contribution in [2.75, 3.05) is 25.6 Å². The summed E-state index contributed by atoms with van der Waals surface area (Å²) in [5, 5.41) is 3.18. The van der Waals surface area contributed by atoms with Crippen molar-refractivity contribution in [1.82, 2.24) is 19.5 Å². The SMILES string of the molecule is COCCCNc1ncc(-c2cccc(F)c2)c(-c2nccn2C)n1. The highest BCUT2D eigenvalue weighted by molar-refractivity contribution is 5.78. The molecule has 2 aromatic heterocycles. The van der Waals surface area contributed by atoms with Gasteiger partial charge < -0.3 is 14.6 Å². The van der Waals surface area contributed by atoms with Crippen molar-refractivity contribution in [3.05, 3.63) is 48.7 Å². The van der Waals surface area contributed by atoms with Crippen molar-refractivity contribution in [1.29, 1.82) is 0 Å². The summed E-state index contributed by atoms with van der Waals surface area (Å²) >= 11 is 0. The molecule has 0 radical (unpaired) electrons. The number of imidazole rings is 1. The number of nitrogens with zero attached hydrogens (tertiary/aromatic N) is 4. The van der Waals surface area contributed by atoms with E-state index in [0.717, 1.165) is 12.0 Å². The zero-order chi connectivity index (χ0) is 17.6. The van der Waals surface area contributed by atoms with Crippen LogP contribution in [0, 0.1) is 5.82 Å². The van der Waals surface area contributed by atoms with Crippen molar-refractivity contribution in [3.8, 4) is 22.6 Å². The van der Waals surface area contributed by atoms with Gasteiger partial charge in [-0.1, -0.05) is 12.1 Å². The Morgan fingerprint density at radius 3 is 2.88 bits per heavy atom. The van der Waals surface area contributed by atoms with E-state index in [-0.39, 0.29) is 5.82 Å². The first-order valence-electron chi connectivity index (χ1n) is 8.02. The van der Waals surface area contributed by atoms with E-state index in [1.165, 1.54) is 12.1 Å². The van der Waals surface area contributed by atoms with Gasteiger partial charge in [0, 0.05) is 51.5 Å². The Labute approximate surface area is 145 Å². The minimum absolute atomic E-state index is 0.301. The quantitative estimate of drug-likeness (QED) is 0.669. The lowest BCUT2D eigenvalue weighted by Gasteiger charge is -2.11. The van der Waals surface area contributed by atoms with Crippen molar-refractivity contribution in [3.63, 3.8) is 0 Å². The van der Waals surface area contributed by atoms with Crippen LogP contribution < -0.4 is 5.32 Å². The molecule has 1 N–H and O–H groups in total. The fraction of sp³-hybridized carbons (Fsp3) is 0.278. The van der Waals surface area contributed by atoms with E-state index in [0.29, 0.717) is 36.2 Å². The van der Waals surface area contributed by atoms with Gasteiger partial charge in [0.2, 0.25) is 5.95 Å². The van der Waals surface area contributed by atoms with Crippen LogP contribution >= 0.6 is 0 Å². The summed E-state index contributed by atoms with van der Waals surface area (Å²) in [5.41, 5.74) is 2.10. The molecule has 3 rings (SSSR count). The van der Waals surface area contributed by atoms with Gasteiger partial charge in [0.25, 0.3) is 0 Å². The van der Waals surface area contributed by atoms with Gasteiger partial charge in [-0.05, 0) is 24.1 Å². The van der Waals surface area contributed by atoms with Crippen LogP contribution in [0.4, 0.5) is 10.3 Å². The summed E-state index contributed by atoms with van der Waals surface area (Å²) in [6.07, 6.45) is 6.10. The third kappa shape index (κ3) is 4.00. The third-order valence-electron chi connectivity index (χ3n) is 3.77. The van der Waals surface area contributed by atoms with Crippen LogP contribution in [-0.4, -0.2) is 39.8 Å². The van der Waals surface area contributed by atoms with Gasteiger partial charge in [0.05, 0.1) is 0 Å². The summed E-state index contributed by atoms with van der Waals surface area (Å²) in [6.45, 7) is 1.37. The van der Waals surface area contributed by atoms with Crippen LogP contribution in [0.3, 0.4) is 0 Å². The van der Waals surface area contributed by atoms with Gasteiger partial charge in [0.1, 0.15) is 11.5 Å². The van der Waals surface area contributed by atoms with Crippen molar-refractivity contribution < 1.29 is 9.13 Å². The number of halogens is 1. The number of anilines is 1. The number of hydrogen-bond acceptors (Lipinski definition) is 5. The fourth-order valence-corrected chi connectivity index (χ4v) is 2.52. The number of rotatable bonds is 7. The number of methoxy groups -OCH3 is 1. The Balaban J connectivity index is 1.99. The molecule has 0 aliphatic carbocycles. The van der Waals surface area contributed by atoms with E-state index in [9.17, 15) is 4.39 Å². The summed E-state index contributed by atoms with van der Waals surface area (Å²) in [4.78, 5) is 13.3. The van der Waals surface area contributed by atoms with Gasteiger partial charge in [-0.2, -0.15) is 0 Å². The van der Waals surface area contributed by atoms with Crippen LogP contribution in [0.5, 0.6) is 0 Å². The maximum absolute atomic E-state index is 13.6. The zero-order valence-corrected chi connectivity index (χ0v) is 14.2. The normalized spacial score (nSPS) is 10.8. The predicted molar refractivity (Wildman–Crippen MR) is 94.6 cm³/mol. The van der Waals surface area contributed by atoms with Crippen molar-refractivity contribution in [2.45, 2.75) is 6.42 Å². The second kappa shape index (κ2) is 7.85. The predicted octanol–water partition coefficient (Wildman–Crippen LogP) is 3.13. The largest absolute Gasteiger partial charge is 0.385 e. The molecule has 0 saturated carbocycles. The average Bonchev–Trinajstić information content (AvgIpc) is 3.04. The number of aryl methyl sites for hydroxylation is 1.